The number of aromatic amines is 1. The molecule has 0 aliphatic heterocycles. The molecule has 1 aliphatic carbocycles. The maximum Gasteiger partial charge on any atom is 0.242 e. The number of H-pyrrole nitrogens is 1. The number of rotatable bonds is 6. The largest absolute Gasteiger partial charge is 0.363 e. The molecule has 1 fully saturated rings. The quantitative estimate of drug-likeness (QED) is 0.521. The molecule has 2 unspecified atom stereocenters. The van der Waals surface area contributed by atoms with E-state index in [9.17, 15) is 13.2 Å². The predicted octanol–water partition coefficient (Wildman–Crippen LogP) is 3.16. The van der Waals surface area contributed by atoms with Crippen LogP contribution in [0.4, 0.5) is 5.82 Å². The lowest BCUT2D eigenvalue weighted by Crippen LogP contribution is -2.36. The normalized spacial score (nSPS) is 18.7. The lowest BCUT2D eigenvalue weighted by molar-refractivity contribution is 0.515. The van der Waals surface area contributed by atoms with Crippen LogP contribution in [0, 0.1) is 17.2 Å². The molecule has 31 heavy (non-hydrogen) atoms. The Morgan fingerprint density at radius 2 is 2.06 bits per heavy atom. The molecule has 2 atom stereocenters. The second-order valence-corrected chi connectivity index (χ2v) is 9.57. The first-order chi connectivity index (χ1) is 14.9. The summed E-state index contributed by atoms with van der Waals surface area (Å²) < 4.78 is 27.9. The van der Waals surface area contributed by atoms with E-state index in [0.29, 0.717) is 29.7 Å². The van der Waals surface area contributed by atoms with Gasteiger partial charge in [0.1, 0.15) is 10.7 Å². The van der Waals surface area contributed by atoms with E-state index in [1.165, 1.54) is 18.3 Å². The monoisotopic (exact) mass is 457 g/mol. The molecule has 10 heteroatoms. The molecule has 2 heterocycles. The van der Waals surface area contributed by atoms with Crippen molar-refractivity contribution in [2.75, 3.05) is 5.32 Å². The van der Waals surface area contributed by atoms with Crippen LogP contribution in [0.1, 0.15) is 25.0 Å². The third-order valence-electron chi connectivity index (χ3n) is 5.35. The van der Waals surface area contributed by atoms with Gasteiger partial charge >= 0.3 is 0 Å². The fourth-order valence-corrected chi connectivity index (χ4v) is 5.33. The molecule has 160 valence electrons. The van der Waals surface area contributed by atoms with E-state index in [1.54, 1.807) is 12.1 Å². The summed E-state index contributed by atoms with van der Waals surface area (Å²) in [6.07, 6.45) is 3.34. The van der Waals surface area contributed by atoms with E-state index in [-0.39, 0.29) is 27.8 Å². The first-order valence-corrected chi connectivity index (χ1v) is 11.7. The fraction of sp³-hybridized carbons (Fsp3) is 0.286. The average Bonchev–Trinajstić information content (AvgIpc) is 3.19. The van der Waals surface area contributed by atoms with E-state index in [4.69, 9.17) is 16.9 Å². The van der Waals surface area contributed by atoms with Crippen molar-refractivity contribution in [3.8, 4) is 6.07 Å². The standard InChI is InChI=1S/C21H20ClN5O3S/c22-17-9-15(31(29,30)27-18-7-3-4-13(18)10-23)12-25-21(17)24-11-14-8-20(28)16-5-1-2-6-19(16)26-14/h1-2,5-6,8-9,12-13,18,27H,3-4,7,11H2,(H,24,25)(H,26,28). The molecule has 0 radical (unpaired) electrons. The highest BCUT2D eigenvalue weighted by Crippen LogP contribution is 2.28. The van der Waals surface area contributed by atoms with Crippen molar-refractivity contribution < 1.29 is 8.42 Å². The number of sulfonamides is 1. The Morgan fingerprint density at radius 3 is 2.84 bits per heavy atom. The van der Waals surface area contributed by atoms with Gasteiger partial charge in [0.15, 0.2) is 5.43 Å². The van der Waals surface area contributed by atoms with Crippen molar-refractivity contribution in [3.05, 3.63) is 63.5 Å². The van der Waals surface area contributed by atoms with Gasteiger partial charge in [-0.2, -0.15) is 5.26 Å². The second kappa shape index (κ2) is 8.67. The minimum absolute atomic E-state index is 0.0641. The second-order valence-electron chi connectivity index (χ2n) is 7.45. The Kier molecular flexibility index (Phi) is 5.96. The molecule has 2 aromatic heterocycles. The molecular weight excluding hydrogens is 438 g/mol. The van der Waals surface area contributed by atoms with Crippen LogP contribution in [0.5, 0.6) is 0 Å². The number of benzene rings is 1. The van der Waals surface area contributed by atoms with Crippen molar-refractivity contribution >= 4 is 38.3 Å². The Morgan fingerprint density at radius 1 is 1.26 bits per heavy atom. The number of nitrogens with zero attached hydrogens (tertiary/aromatic N) is 2. The highest BCUT2D eigenvalue weighted by Gasteiger charge is 2.31. The molecule has 1 aliphatic rings. The van der Waals surface area contributed by atoms with Gasteiger partial charge in [-0.25, -0.2) is 18.1 Å². The number of halogens is 1. The van der Waals surface area contributed by atoms with Gasteiger partial charge in [-0.15, -0.1) is 0 Å². The summed E-state index contributed by atoms with van der Waals surface area (Å²) in [5.74, 6) is -0.0337. The summed E-state index contributed by atoms with van der Waals surface area (Å²) in [4.78, 5) is 19.5. The predicted molar refractivity (Wildman–Crippen MR) is 118 cm³/mol. The van der Waals surface area contributed by atoms with Crippen LogP contribution in [0.3, 0.4) is 0 Å². The number of hydrogen-bond donors (Lipinski definition) is 3. The van der Waals surface area contributed by atoms with Crippen LogP contribution in [-0.4, -0.2) is 24.4 Å². The number of para-hydroxylation sites is 1. The van der Waals surface area contributed by atoms with Crippen molar-refractivity contribution in [2.45, 2.75) is 36.7 Å². The molecule has 4 rings (SSSR count). The molecule has 1 saturated carbocycles. The molecule has 3 N–H and O–H groups in total. The van der Waals surface area contributed by atoms with E-state index in [2.05, 4.69) is 26.1 Å². The van der Waals surface area contributed by atoms with Crippen LogP contribution < -0.4 is 15.5 Å². The van der Waals surface area contributed by atoms with Gasteiger partial charge in [0.05, 0.1) is 23.6 Å². The summed E-state index contributed by atoms with van der Waals surface area (Å²) in [6, 6.07) is 11.8. The molecule has 3 aromatic rings. The smallest absolute Gasteiger partial charge is 0.242 e. The van der Waals surface area contributed by atoms with E-state index in [0.717, 1.165) is 11.9 Å². The van der Waals surface area contributed by atoms with Crippen molar-refractivity contribution in [3.63, 3.8) is 0 Å². The molecule has 0 saturated heterocycles. The zero-order valence-electron chi connectivity index (χ0n) is 16.4. The number of nitriles is 1. The summed E-state index contributed by atoms with van der Waals surface area (Å²) in [6.45, 7) is 0.253. The van der Waals surface area contributed by atoms with Gasteiger partial charge in [0, 0.05) is 34.9 Å². The van der Waals surface area contributed by atoms with Crippen LogP contribution in [0.25, 0.3) is 10.9 Å². The third kappa shape index (κ3) is 4.56. The summed E-state index contributed by atoms with van der Waals surface area (Å²) >= 11 is 6.26. The minimum Gasteiger partial charge on any atom is -0.363 e. The zero-order chi connectivity index (χ0) is 22.0. The molecule has 0 spiro atoms. The number of hydrogen-bond acceptors (Lipinski definition) is 6. The van der Waals surface area contributed by atoms with Gasteiger partial charge in [-0.3, -0.25) is 4.79 Å². The highest BCUT2D eigenvalue weighted by molar-refractivity contribution is 7.89. The van der Waals surface area contributed by atoms with Gasteiger partial charge < -0.3 is 10.3 Å². The third-order valence-corrected chi connectivity index (χ3v) is 7.10. The van der Waals surface area contributed by atoms with Crippen molar-refractivity contribution in [1.82, 2.24) is 14.7 Å². The summed E-state index contributed by atoms with van der Waals surface area (Å²) in [5.41, 5.74) is 1.27. The van der Waals surface area contributed by atoms with Crippen LogP contribution in [-0.2, 0) is 16.6 Å². The summed E-state index contributed by atoms with van der Waals surface area (Å²) in [5, 5.41) is 12.9. The first kappa shape index (κ1) is 21.3. The Labute approximate surface area is 184 Å². The lowest BCUT2D eigenvalue weighted by Gasteiger charge is -2.16. The number of anilines is 1. The number of aromatic nitrogens is 2. The fourth-order valence-electron chi connectivity index (χ4n) is 3.75. The number of pyridine rings is 2. The number of nitrogens with one attached hydrogen (secondary N) is 3. The number of fused-ring (bicyclic) bond motifs is 1. The van der Waals surface area contributed by atoms with Gasteiger partial charge in [-0.05, 0) is 31.0 Å². The van der Waals surface area contributed by atoms with Gasteiger partial charge in [0.2, 0.25) is 10.0 Å². The molecule has 0 bridgehead atoms. The van der Waals surface area contributed by atoms with Gasteiger partial charge in [0.25, 0.3) is 0 Å². The maximum atomic E-state index is 12.7. The zero-order valence-corrected chi connectivity index (χ0v) is 18.0. The average molecular weight is 458 g/mol. The topological polar surface area (TPSA) is 128 Å². The summed E-state index contributed by atoms with van der Waals surface area (Å²) in [7, 11) is -3.85. The molecule has 0 amide bonds. The molecule has 8 nitrogen and oxygen atoms in total. The lowest BCUT2D eigenvalue weighted by atomic mass is 10.1. The van der Waals surface area contributed by atoms with Crippen LogP contribution >= 0.6 is 11.6 Å². The minimum atomic E-state index is -3.85. The van der Waals surface area contributed by atoms with Crippen LogP contribution in [0.15, 0.2) is 52.3 Å². The Balaban J connectivity index is 1.49. The first-order valence-electron chi connectivity index (χ1n) is 9.80. The Hall–Kier alpha value is -2.93. The van der Waals surface area contributed by atoms with E-state index >= 15 is 0 Å². The molecular formula is C21H20ClN5O3S. The van der Waals surface area contributed by atoms with Crippen molar-refractivity contribution in [2.24, 2.45) is 5.92 Å². The van der Waals surface area contributed by atoms with Crippen LogP contribution in [0.2, 0.25) is 5.02 Å². The van der Waals surface area contributed by atoms with E-state index in [1.807, 2.05) is 12.1 Å². The maximum absolute atomic E-state index is 12.7. The van der Waals surface area contributed by atoms with Crippen molar-refractivity contribution in [1.29, 1.82) is 5.26 Å². The van der Waals surface area contributed by atoms with Gasteiger partial charge in [-0.1, -0.05) is 30.2 Å². The highest BCUT2D eigenvalue weighted by atomic mass is 35.5. The Bertz CT molecular complexity index is 1330. The van der Waals surface area contributed by atoms with E-state index < -0.39 is 16.1 Å². The SMILES string of the molecule is N#CC1CCCC1NS(=O)(=O)c1cnc(NCc2cc(=O)c3ccccc3[nH]2)c(Cl)c1. The molecule has 1 aromatic carbocycles.